The maximum Gasteiger partial charge on any atom is 0.266 e. The second-order valence-corrected chi connectivity index (χ2v) is 7.55. The summed E-state index contributed by atoms with van der Waals surface area (Å²) in [5.41, 5.74) is 8.15. The Labute approximate surface area is 178 Å². The van der Waals surface area contributed by atoms with E-state index in [1.54, 1.807) is 6.08 Å². The molecule has 0 aliphatic heterocycles. The Balaban J connectivity index is 1.93. The lowest BCUT2D eigenvalue weighted by atomic mass is 10.1. The SMILES string of the molecule is CCc1ccc(-n2c(C)cc(/C=C(/C#N)C(=O)Nc3cccc(C)c3C)c2C)cc1. The molecule has 0 saturated heterocycles. The summed E-state index contributed by atoms with van der Waals surface area (Å²) in [6, 6.07) is 18.3. The van der Waals surface area contributed by atoms with Gasteiger partial charge in [0, 0.05) is 22.8 Å². The third-order valence-corrected chi connectivity index (χ3v) is 5.59. The molecular weight excluding hydrogens is 370 g/mol. The number of benzene rings is 2. The normalized spacial score (nSPS) is 11.3. The first kappa shape index (κ1) is 21.1. The number of rotatable bonds is 5. The van der Waals surface area contributed by atoms with Gasteiger partial charge in [0.05, 0.1) is 0 Å². The van der Waals surface area contributed by atoms with Gasteiger partial charge < -0.3 is 9.88 Å². The van der Waals surface area contributed by atoms with Gasteiger partial charge in [-0.3, -0.25) is 4.79 Å². The van der Waals surface area contributed by atoms with Gasteiger partial charge in [-0.2, -0.15) is 5.26 Å². The van der Waals surface area contributed by atoms with Gasteiger partial charge in [-0.15, -0.1) is 0 Å². The van der Waals surface area contributed by atoms with Crippen molar-refractivity contribution in [3.8, 4) is 11.8 Å². The monoisotopic (exact) mass is 397 g/mol. The first-order valence-corrected chi connectivity index (χ1v) is 10.1. The van der Waals surface area contributed by atoms with E-state index in [1.165, 1.54) is 5.56 Å². The maximum absolute atomic E-state index is 12.7. The van der Waals surface area contributed by atoms with Crippen molar-refractivity contribution in [2.75, 3.05) is 5.32 Å². The summed E-state index contributed by atoms with van der Waals surface area (Å²) in [4.78, 5) is 12.7. The molecule has 0 aliphatic carbocycles. The summed E-state index contributed by atoms with van der Waals surface area (Å²) in [7, 11) is 0. The van der Waals surface area contributed by atoms with Crippen molar-refractivity contribution < 1.29 is 4.79 Å². The minimum Gasteiger partial charge on any atom is -0.321 e. The molecule has 0 aliphatic rings. The van der Waals surface area contributed by atoms with Crippen LogP contribution < -0.4 is 5.32 Å². The average Bonchev–Trinajstić information content (AvgIpc) is 3.02. The highest BCUT2D eigenvalue weighted by Gasteiger charge is 2.15. The first-order valence-electron chi connectivity index (χ1n) is 10.1. The van der Waals surface area contributed by atoms with E-state index in [-0.39, 0.29) is 5.57 Å². The molecule has 0 spiro atoms. The predicted octanol–water partition coefficient (Wildman–Crippen LogP) is 5.82. The smallest absolute Gasteiger partial charge is 0.266 e. The minimum atomic E-state index is -0.400. The number of aryl methyl sites for hydroxylation is 3. The number of amides is 1. The van der Waals surface area contributed by atoms with Crippen molar-refractivity contribution in [1.82, 2.24) is 4.57 Å². The van der Waals surface area contributed by atoms with Crippen LogP contribution in [0, 0.1) is 39.0 Å². The van der Waals surface area contributed by atoms with E-state index in [9.17, 15) is 10.1 Å². The second-order valence-electron chi connectivity index (χ2n) is 7.55. The van der Waals surface area contributed by atoms with E-state index >= 15 is 0 Å². The molecule has 0 bridgehead atoms. The molecule has 4 heteroatoms. The molecule has 0 radical (unpaired) electrons. The van der Waals surface area contributed by atoms with Crippen LogP contribution in [-0.4, -0.2) is 10.5 Å². The molecule has 3 rings (SSSR count). The van der Waals surface area contributed by atoms with Crippen LogP contribution >= 0.6 is 0 Å². The highest BCUT2D eigenvalue weighted by Crippen LogP contribution is 2.24. The van der Waals surface area contributed by atoms with Crippen molar-refractivity contribution in [3.63, 3.8) is 0 Å². The van der Waals surface area contributed by atoms with Crippen LogP contribution in [0.5, 0.6) is 0 Å². The van der Waals surface area contributed by atoms with Gasteiger partial charge in [-0.05, 0) is 86.7 Å². The summed E-state index contributed by atoms with van der Waals surface area (Å²) in [5, 5.41) is 12.5. The van der Waals surface area contributed by atoms with Crippen molar-refractivity contribution in [2.45, 2.75) is 41.0 Å². The molecule has 1 aromatic heterocycles. The molecule has 0 atom stereocenters. The lowest BCUT2D eigenvalue weighted by Gasteiger charge is -2.11. The zero-order valence-electron chi connectivity index (χ0n) is 18.2. The van der Waals surface area contributed by atoms with Gasteiger partial charge in [-0.1, -0.05) is 31.2 Å². The summed E-state index contributed by atoms with van der Waals surface area (Å²) in [6.45, 7) is 10.1. The highest BCUT2D eigenvalue weighted by molar-refractivity contribution is 6.10. The number of carbonyl (C=O) groups excluding carboxylic acids is 1. The molecule has 3 aromatic rings. The highest BCUT2D eigenvalue weighted by atomic mass is 16.1. The van der Waals surface area contributed by atoms with Crippen LogP contribution in [0.2, 0.25) is 0 Å². The second kappa shape index (κ2) is 8.84. The topological polar surface area (TPSA) is 57.8 Å². The average molecular weight is 398 g/mol. The van der Waals surface area contributed by atoms with Gasteiger partial charge in [0.2, 0.25) is 0 Å². The van der Waals surface area contributed by atoms with Crippen LogP contribution in [0.15, 0.2) is 54.1 Å². The van der Waals surface area contributed by atoms with Gasteiger partial charge >= 0.3 is 0 Å². The number of nitriles is 1. The molecule has 0 unspecified atom stereocenters. The molecule has 0 saturated carbocycles. The molecule has 30 heavy (non-hydrogen) atoms. The van der Waals surface area contributed by atoms with E-state index in [0.717, 1.165) is 45.9 Å². The lowest BCUT2D eigenvalue weighted by molar-refractivity contribution is -0.112. The van der Waals surface area contributed by atoms with Gasteiger partial charge in [0.1, 0.15) is 11.6 Å². The number of nitrogens with zero attached hydrogens (tertiary/aromatic N) is 2. The summed E-state index contributed by atoms with van der Waals surface area (Å²) < 4.78 is 2.14. The van der Waals surface area contributed by atoms with Crippen molar-refractivity contribution in [1.29, 1.82) is 5.26 Å². The standard InChI is InChI=1S/C26H27N3O/c1-6-21-10-12-24(13-11-21)29-18(3)14-22(20(29)5)15-23(16-27)26(30)28-25-9-7-8-17(2)19(25)4/h7-15H,6H2,1-5H3,(H,28,30)/b23-15-. The van der Waals surface area contributed by atoms with Crippen LogP contribution in [0.25, 0.3) is 11.8 Å². The summed E-state index contributed by atoms with van der Waals surface area (Å²) in [5.74, 6) is -0.400. The van der Waals surface area contributed by atoms with Crippen LogP contribution in [-0.2, 0) is 11.2 Å². The largest absolute Gasteiger partial charge is 0.321 e. The molecular formula is C26H27N3O. The fourth-order valence-corrected chi connectivity index (χ4v) is 3.59. The zero-order chi connectivity index (χ0) is 21.8. The van der Waals surface area contributed by atoms with Gasteiger partial charge in [0.25, 0.3) is 5.91 Å². The van der Waals surface area contributed by atoms with Crippen molar-refractivity contribution in [2.24, 2.45) is 0 Å². The van der Waals surface area contributed by atoms with Gasteiger partial charge in [-0.25, -0.2) is 0 Å². The third-order valence-electron chi connectivity index (χ3n) is 5.59. The predicted molar refractivity (Wildman–Crippen MR) is 123 cm³/mol. The van der Waals surface area contributed by atoms with E-state index in [2.05, 4.69) is 47.1 Å². The molecule has 0 fully saturated rings. The molecule has 1 heterocycles. The number of anilines is 1. The van der Waals surface area contributed by atoms with Crippen molar-refractivity contribution in [3.05, 3.63) is 87.7 Å². The lowest BCUT2D eigenvalue weighted by Crippen LogP contribution is -2.14. The number of hydrogen-bond acceptors (Lipinski definition) is 2. The molecule has 152 valence electrons. The Morgan fingerprint density at radius 3 is 2.43 bits per heavy atom. The summed E-state index contributed by atoms with van der Waals surface area (Å²) in [6.07, 6.45) is 2.67. The maximum atomic E-state index is 12.7. The van der Waals surface area contributed by atoms with Crippen LogP contribution in [0.3, 0.4) is 0 Å². The van der Waals surface area contributed by atoms with E-state index < -0.39 is 5.91 Å². The van der Waals surface area contributed by atoms with Crippen LogP contribution in [0.1, 0.15) is 40.6 Å². The van der Waals surface area contributed by atoms with Crippen molar-refractivity contribution >= 4 is 17.7 Å². The summed E-state index contributed by atoms with van der Waals surface area (Å²) >= 11 is 0. The van der Waals surface area contributed by atoms with Gasteiger partial charge in [0.15, 0.2) is 0 Å². The Hall–Kier alpha value is -3.58. The Bertz CT molecular complexity index is 1160. The first-order chi connectivity index (χ1) is 14.3. The number of carbonyl (C=O) groups is 1. The number of hydrogen-bond donors (Lipinski definition) is 1. The molecule has 2 aromatic carbocycles. The number of nitrogens with one attached hydrogen (secondary N) is 1. The zero-order valence-corrected chi connectivity index (χ0v) is 18.2. The van der Waals surface area contributed by atoms with E-state index in [4.69, 9.17) is 0 Å². The minimum absolute atomic E-state index is 0.0810. The van der Waals surface area contributed by atoms with Crippen LogP contribution in [0.4, 0.5) is 5.69 Å². The third kappa shape index (κ3) is 4.21. The van der Waals surface area contributed by atoms with E-state index in [1.807, 2.05) is 52.0 Å². The fourth-order valence-electron chi connectivity index (χ4n) is 3.59. The Morgan fingerprint density at radius 1 is 1.10 bits per heavy atom. The molecule has 4 nitrogen and oxygen atoms in total. The quantitative estimate of drug-likeness (QED) is 0.436. The molecule has 1 N–H and O–H groups in total. The molecule has 1 amide bonds. The Kier molecular flexibility index (Phi) is 6.23. The number of aromatic nitrogens is 1. The Morgan fingerprint density at radius 2 is 1.80 bits per heavy atom. The fraction of sp³-hybridized carbons (Fsp3) is 0.231. The van der Waals surface area contributed by atoms with E-state index in [0.29, 0.717) is 0 Å².